The molecule has 0 aromatic heterocycles. The van der Waals surface area contributed by atoms with E-state index in [0.29, 0.717) is 41.0 Å². The third-order valence-electron chi connectivity index (χ3n) is 5.95. The number of methoxy groups -OCH3 is 1. The fraction of sp³-hybridized carbons (Fsp3) is 0.417. The Morgan fingerprint density at radius 1 is 1.21 bits per heavy atom. The number of hydrogen-bond donors (Lipinski definition) is 3. The summed E-state index contributed by atoms with van der Waals surface area (Å²) >= 11 is 6.07. The van der Waals surface area contributed by atoms with Crippen molar-refractivity contribution in [3.8, 4) is 5.75 Å². The molecule has 2 aromatic carbocycles. The van der Waals surface area contributed by atoms with Crippen molar-refractivity contribution in [2.75, 3.05) is 39.0 Å². The van der Waals surface area contributed by atoms with Gasteiger partial charge in [0.1, 0.15) is 11.9 Å². The van der Waals surface area contributed by atoms with Crippen LogP contribution in [0.5, 0.6) is 5.75 Å². The molecular formula is C24H31ClN4O4. The first-order chi connectivity index (χ1) is 15.8. The number of amides is 2. The lowest BCUT2D eigenvalue weighted by Crippen LogP contribution is -2.41. The van der Waals surface area contributed by atoms with Crippen LogP contribution in [0.2, 0.25) is 5.02 Å². The van der Waals surface area contributed by atoms with E-state index in [4.69, 9.17) is 32.5 Å². The molecule has 0 saturated carbocycles. The topological polar surface area (TPSA) is 120 Å². The fourth-order valence-electron chi connectivity index (χ4n) is 3.99. The highest BCUT2D eigenvalue weighted by Gasteiger charge is 2.25. The van der Waals surface area contributed by atoms with Crippen LogP contribution in [-0.2, 0) is 4.74 Å². The van der Waals surface area contributed by atoms with E-state index in [-0.39, 0.29) is 5.91 Å². The standard InChI is InChI=1S/C24H31ClN4O4/c1-15-3-5-17(6-4-15)22(33-24(27)31)14-29-9-7-16(8-10-29)13-28-23(30)18-11-19(25)20(26)12-21(18)32-2/h3-6,11-12,16,22H,7-10,13-14,26H2,1-2H3,(H2,27,31)(H,28,30). The first-order valence-corrected chi connectivity index (χ1v) is 11.3. The second kappa shape index (κ2) is 11.2. The first-order valence-electron chi connectivity index (χ1n) is 10.9. The molecule has 9 heteroatoms. The molecule has 1 saturated heterocycles. The van der Waals surface area contributed by atoms with Gasteiger partial charge in [-0.3, -0.25) is 9.69 Å². The molecule has 33 heavy (non-hydrogen) atoms. The number of benzene rings is 2. The summed E-state index contributed by atoms with van der Waals surface area (Å²) in [6, 6.07) is 11.0. The number of carbonyl (C=O) groups is 2. The maximum Gasteiger partial charge on any atom is 0.405 e. The average Bonchev–Trinajstić information content (AvgIpc) is 2.79. The van der Waals surface area contributed by atoms with Crippen molar-refractivity contribution < 1.29 is 19.1 Å². The van der Waals surface area contributed by atoms with E-state index in [2.05, 4.69) is 10.2 Å². The molecule has 1 unspecified atom stereocenters. The van der Waals surface area contributed by atoms with Gasteiger partial charge < -0.3 is 26.3 Å². The number of nitrogens with one attached hydrogen (secondary N) is 1. The number of rotatable bonds is 8. The molecule has 1 heterocycles. The van der Waals surface area contributed by atoms with Gasteiger partial charge in [0.15, 0.2) is 0 Å². The highest BCUT2D eigenvalue weighted by molar-refractivity contribution is 6.33. The number of hydrogen-bond acceptors (Lipinski definition) is 6. The number of anilines is 1. The number of aryl methyl sites for hydroxylation is 1. The predicted molar refractivity (Wildman–Crippen MR) is 129 cm³/mol. The van der Waals surface area contributed by atoms with Gasteiger partial charge in [0.25, 0.3) is 5.91 Å². The zero-order valence-corrected chi connectivity index (χ0v) is 19.7. The highest BCUT2D eigenvalue weighted by atomic mass is 35.5. The van der Waals surface area contributed by atoms with Crippen molar-refractivity contribution in [3.63, 3.8) is 0 Å². The molecule has 0 radical (unpaired) electrons. The van der Waals surface area contributed by atoms with E-state index in [1.165, 1.54) is 13.2 Å². The Morgan fingerprint density at radius 3 is 2.48 bits per heavy atom. The van der Waals surface area contributed by atoms with Gasteiger partial charge in [-0.25, -0.2) is 4.79 Å². The number of nitrogens with zero attached hydrogens (tertiary/aromatic N) is 1. The Kier molecular flexibility index (Phi) is 8.41. The van der Waals surface area contributed by atoms with Crippen LogP contribution in [0.4, 0.5) is 10.5 Å². The van der Waals surface area contributed by atoms with E-state index < -0.39 is 12.2 Å². The Morgan fingerprint density at radius 2 is 1.88 bits per heavy atom. The van der Waals surface area contributed by atoms with Crippen molar-refractivity contribution in [3.05, 3.63) is 58.1 Å². The highest BCUT2D eigenvalue weighted by Crippen LogP contribution is 2.29. The molecule has 0 spiro atoms. The summed E-state index contributed by atoms with van der Waals surface area (Å²) in [5.41, 5.74) is 13.9. The monoisotopic (exact) mass is 474 g/mol. The first kappa shape index (κ1) is 24.7. The van der Waals surface area contributed by atoms with E-state index in [1.807, 2.05) is 31.2 Å². The third kappa shape index (κ3) is 6.76. The van der Waals surface area contributed by atoms with Crippen LogP contribution in [0.25, 0.3) is 0 Å². The molecule has 3 rings (SSSR count). The van der Waals surface area contributed by atoms with Crippen LogP contribution in [0.1, 0.15) is 40.4 Å². The van der Waals surface area contributed by atoms with Gasteiger partial charge in [-0.15, -0.1) is 0 Å². The zero-order chi connectivity index (χ0) is 24.0. The number of primary amides is 1. The molecule has 5 N–H and O–H groups in total. The van der Waals surface area contributed by atoms with Crippen LogP contribution in [0, 0.1) is 12.8 Å². The van der Waals surface area contributed by atoms with Crippen LogP contribution < -0.4 is 21.5 Å². The Hall–Kier alpha value is -2.97. The largest absolute Gasteiger partial charge is 0.496 e. The van der Waals surface area contributed by atoms with Crippen LogP contribution in [0.15, 0.2) is 36.4 Å². The number of ether oxygens (including phenoxy) is 2. The fourth-order valence-corrected chi connectivity index (χ4v) is 4.15. The molecule has 0 bridgehead atoms. The van der Waals surface area contributed by atoms with Gasteiger partial charge >= 0.3 is 6.09 Å². The Balaban J connectivity index is 1.52. The summed E-state index contributed by atoms with van der Waals surface area (Å²) in [7, 11) is 1.49. The normalized spacial score (nSPS) is 15.6. The predicted octanol–water partition coefficient (Wildman–Crippen LogP) is 3.52. The molecular weight excluding hydrogens is 444 g/mol. The number of halogens is 1. The molecule has 1 fully saturated rings. The minimum Gasteiger partial charge on any atom is -0.496 e. The van der Waals surface area contributed by atoms with Crippen molar-refractivity contribution >= 4 is 29.3 Å². The van der Waals surface area contributed by atoms with Gasteiger partial charge in [-0.05, 0) is 50.4 Å². The maximum absolute atomic E-state index is 12.7. The quantitative estimate of drug-likeness (QED) is 0.503. The second-order valence-corrected chi connectivity index (χ2v) is 8.77. The molecule has 2 amide bonds. The number of piperidine rings is 1. The third-order valence-corrected chi connectivity index (χ3v) is 6.28. The molecule has 8 nitrogen and oxygen atoms in total. The van der Waals surface area contributed by atoms with Gasteiger partial charge in [-0.2, -0.15) is 0 Å². The molecule has 1 aliphatic heterocycles. The summed E-state index contributed by atoms with van der Waals surface area (Å²) in [5.74, 6) is 0.488. The summed E-state index contributed by atoms with van der Waals surface area (Å²) in [6.45, 7) is 4.81. The molecule has 2 aromatic rings. The van der Waals surface area contributed by atoms with Crippen molar-refractivity contribution in [1.29, 1.82) is 0 Å². The minimum absolute atomic E-state index is 0.245. The Bertz CT molecular complexity index is 975. The number of nitrogen functional groups attached to an aromatic ring is 1. The van der Waals surface area contributed by atoms with Crippen LogP contribution in [0.3, 0.4) is 0 Å². The number of likely N-dealkylation sites (tertiary alicyclic amines) is 1. The molecule has 0 aliphatic carbocycles. The van der Waals surface area contributed by atoms with Crippen LogP contribution in [-0.4, -0.2) is 50.2 Å². The lowest BCUT2D eigenvalue weighted by molar-refractivity contribution is 0.0633. The van der Waals surface area contributed by atoms with Crippen molar-refractivity contribution in [2.45, 2.75) is 25.9 Å². The molecule has 1 aliphatic rings. The van der Waals surface area contributed by atoms with E-state index in [9.17, 15) is 9.59 Å². The lowest BCUT2D eigenvalue weighted by atomic mass is 9.96. The Labute approximate surface area is 199 Å². The van der Waals surface area contributed by atoms with E-state index in [1.54, 1.807) is 6.07 Å². The van der Waals surface area contributed by atoms with Crippen molar-refractivity contribution in [2.24, 2.45) is 11.7 Å². The van der Waals surface area contributed by atoms with E-state index in [0.717, 1.165) is 37.1 Å². The van der Waals surface area contributed by atoms with Gasteiger partial charge in [0, 0.05) is 19.2 Å². The summed E-state index contributed by atoms with van der Waals surface area (Å²) < 4.78 is 10.6. The summed E-state index contributed by atoms with van der Waals surface area (Å²) in [6.07, 6.45) is 0.632. The average molecular weight is 475 g/mol. The summed E-state index contributed by atoms with van der Waals surface area (Å²) in [4.78, 5) is 26.3. The van der Waals surface area contributed by atoms with Gasteiger partial charge in [0.05, 0.1) is 23.4 Å². The van der Waals surface area contributed by atoms with Gasteiger partial charge in [-0.1, -0.05) is 41.4 Å². The van der Waals surface area contributed by atoms with Crippen LogP contribution >= 0.6 is 11.6 Å². The minimum atomic E-state index is -0.781. The maximum atomic E-state index is 12.7. The van der Waals surface area contributed by atoms with Crippen molar-refractivity contribution in [1.82, 2.24) is 10.2 Å². The molecule has 178 valence electrons. The molecule has 1 atom stereocenters. The second-order valence-electron chi connectivity index (χ2n) is 8.36. The lowest BCUT2D eigenvalue weighted by Gasteiger charge is -2.34. The van der Waals surface area contributed by atoms with E-state index >= 15 is 0 Å². The van der Waals surface area contributed by atoms with Gasteiger partial charge in [0.2, 0.25) is 0 Å². The number of nitrogens with two attached hydrogens (primary N) is 2. The zero-order valence-electron chi connectivity index (χ0n) is 19.0. The summed E-state index contributed by atoms with van der Waals surface area (Å²) in [5, 5.41) is 3.30. The number of carbonyl (C=O) groups excluding carboxylic acids is 2. The smallest absolute Gasteiger partial charge is 0.405 e. The SMILES string of the molecule is COc1cc(N)c(Cl)cc1C(=O)NCC1CCN(CC(OC(N)=O)c2ccc(C)cc2)CC1.